The third-order valence-electron chi connectivity index (χ3n) is 1.35. The summed E-state index contributed by atoms with van der Waals surface area (Å²) in [4.78, 5) is 0. The number of anilines is 2. The third kappa shape index (κ3) is 2.75. The minimum atomic E-state index is -0.883. The zero-order valence-corrected chi connectivity index (χ0v) is 6.45. The van der Waals surface area contributed by atoms with Crippen LogP contribution in [0.25, 0.3) is 0 Å². The molecule has 0 aliphatic heterocycles. The van der Waals surface area contributed by atoms with Crippen LogP contribution in [-0.2, 0) is 0 Å². The smallest absolute Gasteiger partial charge is 0.180 e. The topological polar surface area (TPSA) is 85.8 Å². The van der Waals surface area contributed by atoms with Gasteiger partial charge in [0.15, 0.2) is 6.67 Å². The molecular formula is C7H11N3O2. The van der Waals surface area contributed by atoms with Gasteiger partial charge in [-0.25, -0.2) is 10.4 Å². The lowest BCUT2D eigenvalue weighted by Gasteiger charge is -2.13. The second kappa shape index (κ2) is 3.91. The lowest BCUT2D eigenvalue weighted by Crippen LogP contribution is -3.05. The Morgan fingerprint density at radius 2 is 2.00 bits per heavy atom. The Bertz CT molecular complexity index is 235. The van der Waals surface area contributed by atoms with Crippen molar-refractivity contribution in [3.05, 3.63) is 29.5 Å². The van der Waals surface area contributed by atoms with Crippen molar-refractivity contribution in [3.8, 4) is 0 Å². The van der Waals surface area contributed by atoms with Crippen LogP contribution in [0.4, 0.5) is 11.4 Å². The predicted octanol–water partition coefficient (Wildman–Crippen LogP) is -0.590. The molecular weight excluding hydrogens is 158 g/mol. The Kier molecular flexibility index (Phi) is 2.87. The average Bonchev–Trinajstić information content (AvgIpc) is 2.03. The molecule has 5 heteroatoms. The second-order valence-corrected chi connectivity index (χ2v) is 2.37. The normalized spacial score (nSPS) is 12.5. The summed E-state index contributed by atoms with van der Waals surface area (Å²) in [7, 11) is 0. The third-order valence-corrected chi connectivity index (χ3v) is 1.35. The molecule has 0 saturated heterocycles. The summed E-state index contributed by atoms with van der Waals surface area (Å²) < 4.78 is 0. The number of rotatable bonds is 3. The molecule has 0 fully saturated rings. The van der Waals surface area contributed by atoms with Gasteiger partial charge in [0.05, 0.1) is 0 Å². The van der Waals surface area contributed by atoms with Crippen LogP contribution in [0.3, 0.4) is 0 Å². The van der Waals surface area contributed by atoms with Crippen molar-refractivity contribution in [1.82, 2.24) is 0 Å². The first-order chi connectivity index (χ1) is 5.68. The molecule has 0 aromatic heterocycles. The van der Waals surface area contributed by atoms with Gasteiger partial charge >= 0.3 is 0 Å². The number of nitrogens with two attached hydrogens (primary N) is 1. The van der Waals surface area contributed by atoms with Crippen molar-refractivity contribution in [2.75, 3.05) is 17.7 Å². The van der Waals surface area contributed by atoms with Crippen molar-refractivity contribution >= 4 is 11.4 Å². The first-order valence-electron chi connectivity index (χ1n) is 3.49. The Hall–Kier alpha value is -1.30. The van der Waals surface area contributed by atoms with Crippen LogP contribution in [0.1, 0.15) is 0 Å². The molecule has 1 rings (SSSR count). The van der Waals surface area contributed by atoms with E-state index in [-0.39, 0.29) is 6.67 Å². The van der Waals surface area contributed by atoms with E-state index < -0.39 is 5.23 Å². The molecule has 0 saturated carbocycles. The maximum absolute atomic E-state index is 10.2. The van der Waals surface area contributed by atoms with E-state index in [1.165, 1.54) is 0 Å². The zero-order chi connectivity index (χ0) is 8.97. The summed E-state index contributed by atoms with van der Waals surface area (Å²) in [6.45, 7) is -0.0794. The quantitative estimate of drug-likeness (QED) is 0.277. The van der Waals surface area contributed by atoms with Crippen LogP contribution in [0.15, 0.2) is 24.3 Å². The first-order valence-corrected chi connectivity index (χ1v) is 3.49. The first kappa shape index (κ1) is 8.79. The Labute approximate surface area is 69.9 Å². The fraction of sp³-hybridized carbons (Fsp3) is 0.143. The second-order valence-electron chi connectivity index (χ2n) is 2.37. The van der Waals surface area contributed by atoms with Gasteiger partial charge in [0.1, 0.15) is 0 Å². The summed E-state index contributed by atoms with van der Waals surface area (Å²) in [5, 5.41) is 20.3. The fourth-order valence-corrected chi connectivity index (χ4v) is 0.779. The number of quaternary nitrogens is 1. The van der Waals surface area contributed by atoms with Crippen LogP contribution >= 0.6 is 0 Å². The molecule has 5 N–H and O–H groups in total. The zero-order valence-electron chi connectivity index (χ0n) is 6.45. The van der Waals surface area contributed by atoms with Gasteiger partial charge in [-0.3, -0.25) is 0 Å². The van der Waals surface area contributed by atoms with Gasteiger partial charge in [-0.05, 0) is 24.3 Å². The van der Waals surface area contributed by atoms with E-state index in [1.807, 2.05) is 0 Å². The molecule has 0 aliphatic rings. The molecule has 1 unspecified atom stereocenters. The Morgan fingerprint density at radius 3 is 2.50 bits per heavy atom. The van der Waals surface area contributed by atoms with Gasteiger partial charge in [-0.2, -0.15) is 0 Å². The van der Waals surface area contributed by atoms with Gasteiger partial charge < -0.3 is 16.3 Å². The maximum atomic E-state index is 10.2. The predicted molar refractivity (Wildman–Crippen MR) is 45.5 cm³/mol. The summed E-state index contributed by atoms with van der Waals surface area (Å²) >= 11 is 0. The molecule has 1 aromatic carbocycles. The van der Waals surface area contributed by atoms with Crippen molar-refractivity contribution < 1.29 is 10.4 Å². The molecule has 0 aliphatic carbocycles. The van der Waals surface area contributed by atoms with E-state index in [9.17, 15) is 5.21 Å². The van der Waals surface area contributed by atoms with Crippen LogP contribution < -0.4 is 16.3 Å². The van der Waals surface area contributed by atoms with Crippen LogP contribution in [0.2, 0.25) is 0 Å². The van der Waals surface area contributed by atoms with E-state index in [2.05, 4.69) is 5.32 Å². The number of hydrogen-bond donors (Lipinski definition) is 4. The molecule has 66 valence electrons. The Balaban J connectivity index is 2.48. The van der Waals surface area contributed by atoms with Gasteiger partial charge in [0.25, 0.3) is 0 Å². The molecule has 5 nitrogen and oxygen atoms in total. The number of nitrogens with one attached hydrogen (secondary N) is 2. The minimum Gasteiger partial charge on any atom is -0.599 e. The molecule has 0 spiro atoms. The highest BCUT2D eigenvalue weighted by atomic mass is 16.8. The number of hydrogen-bond acceptors (Lipinski definition) is 4. The van der Waals surface area contributed by atoms with Crippen molar-refractivity contribution in [3.63, 3.8) is 0 Å². The molecule has 0 bridgehead atoms. The van der Waals surface area contributed by atoms with Crippen LogP contribution in [0.5, 0.6) is 0 Å². The van der Waals surface area contributed by atoms with Crippen molar-refractivity contribution in [2.24, 2.45) is 0 Å². The summed E-state index contributed by atoms with van der Waals surface area (Å²) in [5.74, 6) is 0. The molecule has 12 heavy (non-hydrogen) atoms. The summed E-state index contributed by atoms with van der Waals surface area (Å²) in [5.41, 5.74) is 6.86. The SMILES string of the molecule is Nc1ccc(NC[NH+]([O-])O)cc1. The monoisotopic (exact) mass is 169 g/mol. The number of nitrogen functional groups attached to an aromatic ring is 1. The van der Waals surface area contributed by atoms with Gasteiger partial charge in [-0.1, -0.05) is 0 Å². The summed E-state index contributed by atoms with van der Waals surface area (Å²) in [6, 6.07) is 6.89. The van der Waals surface area contributed by atoms with E-state index in [1.54, 1.807) is 24.3 Å². The summed E-state index contributed by atoms with van der Waals surface area (Å²) in [6.07, 6.45) is 0. The largest absolute Gasteiger partial charge is 0.599 e. The van der Waals surface area contributed by atoms with Gasteiger partial charge in [-0.15, -0.1) is 0 Å². The highest BCUT2D eigenvalue weighted by Crippen LogP contribution is 2.08. The molecule has 0 amide bonds. The van der Waals surface area contributed by atoms with E-state index in [0.29, 0.717) is 5.69 Å². The maximum Gasteiger partial charge on any atom is 0.180 e. The van der Waals surface area contributed by atoms with E-state index in [4.69, 9.17) is 10.9 Å². The lowest BCUT2D eigenvalue weighted by molar-refractivity contribution is -1.04. The van der Waals surface area contributed by atoms with Crippen LogP contribution in [0, 0.1) is 5.21 Å². The average molecular weight is 169 g/mol. The highest BCUT2D eigenvalue weighted by molar-refractivity contribution is 5.50. The standard InChI is InChI=1S/C7H11N3O2/c8-6-1-3-7(4-2-6)9-5-10(11)12/h1-4,9-11H,5,8H2. The molecule has 0 heterocycles. The number of hydroxylamine groups is 2. The van der Waals surface area contributed by atoms with Gasteiger partial charge in [0.2, 0.25) is 0 Å². The molecule has 1 atom stereocenters. The lowest BCUT2D eigenvalue weighted by atomic mass is 10.3. The number of benzene rings is 1. The van der Waals surface area contributed by atoms with Crippen molar-refractivity contribution in [1.29, 1.82) is 0 Å². The molecule has 0 radical (unpaired) electrons. The van der Waals surface area contributed by atoms with Gasteiger partial charge in [0, 0.05) is 11.4 Å². The van der Waals surface area contributed by atoms with E-state index in [0.717, 1.165) is 5.69 Å². The Morgan fingerprint density at radius 1 is 1.42 bits per heavy atom. The van der Waals surface area contributed by atoms with Crippen LogP contribution in [-0.4, -0.2) is 11.9 Å². The van der Waals surface area contributed by atoms with Crippen molar-refractivity contribution in [2.45, 2.75) is 0 Å². The highest BCUT2D eigenvalue weighted by Gasteiger charge is 1.92. The fourth-order valence-electron chi connectivity index (χ4n) is 0.779. The minimum absolute atomic E-state index is 0.0794. The van der Waals surface area contributed by atoms with E-state index >= 15 is 0 Å². The molecule has 1 aromatic rings.